The van der Waals surface area contributed by atoms with Crippen molar-refractivity contribution in [3.63, 3.8) is 0 Å². The summed E-state index contributed by atoms with van der Waals surface area (Å²) in [5.41, 5.74) is -1.22. The Labute approximate surface area is 203 Å². The van der Waals surface area contributed by atoms with Crippen LogP contribution in [0.25, 0.3) is 5.65 Å². The summed E-state index contributed by atoms with van der Waals surface area (Å²) >= 11 is 3.10. The third-order valence-corrected chi connectivity index (χ3v) is 5.58. The molecule has 0 atom stereocenters. The molecule has 13 heteroatoms. The molecule has 0 aliphatic rings. The fraction of sp³-hybridized carbons (Fsp3) is 0.136. The molecule has 35 heavy (non-hydrogen) atoms. The molecule has 0 radical (unpaired) electrons. The maximum Gasteiger partial charge on any atom is 0.433 e. The molecule has 0 unspecified atom stereocenters. The average molecular weight is 550 g/mol. The van der Waals surface area contributed by atoms with Gasteiger partial charge in [0.05, 0.1) is 21.1 Å². The van der Waals surface area contributed by atoms with E-state index in [-0.39, 0.29) is 38.6 Å². The highest BCUT2D eigenvalue weighted by atomic mass is 79.9. The molecule has 4 rings (SSSR count). The molecule has 9 nitrogen and oxygen atoms in total. The number of nitro benzene ring substituents is 1. The summed E-state index contributed by atoms with van der Waals surface area (Å²) in [5, 5.41) is 17.6. The Morgan fingerprint density at radius 1 is 1.17 bits per heavy atom. The number of rotatable bonds is 5. The van der Waals surface area contributed by atoms with Crippen LogP contribution >= 0.6 is 15.9 Å². The number of hydrogen-bond donors (Lipinski definition) is 1. The SMILES string of the molecule is Cc1cc(C(F)(F)F)n2nc(C(=O)Nc3cc(Oc4ccccc4C)cc([N+](=O)[O-])c3)c(Br)c2n1. The van der Waals surface area contributed by atoms with Crippen LogP contribution in [0.2, 0.25) is 0 Å². The van der Waals surface area contributed by atoms with E-state index >= 15 is 0 Å². The van der Waals surface area contributed by atoms with Gasteiger partial charge in [0, 0.05) is 17.8 Å². The molecule has 180 valence electrons. The van der Waals surface area contributed by atoms with Crippen LogP contribution in [0.1, 0.15) is 27.4 Å². The second-order valence-electron chi connectivity index (χ2n) is 7.47. The monoisotopic (exact) mass is 549 g/mol. The van der Waals surface area contributed by atoms with Crippen molar-refractivity contribution >= 4 is 38.9 Å². The van der Waals surface area contributed by atoms with Gasteiger partial charge in [0.1, 0.15) is 17.2 Å². The molecular formula is C22H15BrF3N5O4. The van der Waals surface area contributed by atoms with Crippen molar-refractivity contribution in [2.45, 2.75) is 20.0 Å². The molecule has 0 saturated heterocycles. The number of carbonyl (C=O) groups is 1. The van der Waals surface area contributed by atoms with Crippen LogP contribution in [0, 0.1) is 24.0 Å². The van der Waals surface area contributed by atoms with Gasteiger partial charge in [0.15, 0.2) is 11.3 Å². The standard InChI is InChI=1S/C22H15BrF3N5O4/c1-11-5-3-4-6-16(11)35-15-9-13(8-14(10-15)31(33)34)28-21(32)19-18(23)20-27-12(2)7-17(22(24,25)26)30(20)29-19/h3-10H,1-2H3,(H,28,32). The van der Waals surface area contributed by atoms with Gasteiger partial charge in [-0.15, -0.1) is 0 Å². The van der Waals surface area contributed by atoms with Crippen LogP contribution in [0.4, 0.5) is 24.5 Å². The molecule has 4 aromatic rings. The number of nitrogens with one attached hydrogen (secondary N) is 1. The number of carbonyl (C=O) groups excluding carboxylic acids is 1. The highest BCUT2D eigenvalue weighted by Gasteiger charge is 2.36. The van der Waals surface area contributed by atoms with E-state index in [9.17, 15) is 28.1 Å². The van der Waals surface area contributed by atoms with Crippen molar-refractivity contribution in [1.29, 1.82) is 0 Å². The molecule has 0 bridgehead atoms. The molecule has 2 heterocycles. The molecule has 1 N–H and O–H groups in total. The van der Waals surface area contributed by atoms with E-state index in [0.29, 0.717) is 10.3 Å². The van der Waals surface area contributed by atoms with Gasteiger partial charge in [-0.2, -0.15) is 18.3 Å². The number of anilines is 1. The van der Waals surface area contributed by atoms with E-state index in [1.165, 1.54) is 19.1 Å². The Bertz CT molecular complexity index is 1490. The third-order valence-electron chi connectivity index (χ3n) is 4.85. The number of aryl methyl sites for hydroxylation is 2. The summed E-state index contributed by atoms with van der Waals surface area (Å²) < 4.78 is 46.6. The van der Waals surface area contributed by atoms with Crippen LogP contribution in [0.3, 0.4) is 0 Å². The predicted molar refractivity (Wildman–Crippen MR) is 123 cm³/mol. The number of aromatic nitrogens is 3. The van der Waals surface area contributed by atoms with Crippen molar-refractivity contribution in [3.05, 3.63) is 85.8 Å². The zero-order valence-electron chi connectivity index (χ0n) is 18.1. The highest BCUT2D eigenvalue weighted by Crippen LogP contribution is 2.34. The second kappa shape index (κ2) is 8.98. The van der Waals surface area contributed by atoms with Crippen LogP contribution in [0.15, 0.2) is 53.0 Å². The Kier molecular flexibility index (Phi) is 6.19. The van der Waals surface area contributed by atoms with Gasteiger partial charge in [-0.1, -0.05) is 18.2 Å². The lowest BCUT2D eigenvalue weighted by Gasteiger charge is -2.10. The summed E-state index contributed by atoms with van der Waals surface area (Å²) in [6, 6.07) is 11.4. The van der Waals surface area contributed by atoms with E-state index < -0.39 is 22.7 Å². The predicted octanol–water partition coefficient (Wildman–Crippen LogP) is 6.08. The lowest BCUT2D eigenvalue weighted by molar-refractivity contribution is -0.384. The Morgan fingerprint density at radius 2 is 1.89 bits per heavy atom. The first-order valence-corrected chi connectivity index (χ1v) is 10.7. The maximum absolute atomic E-state index is 13.5. The fourth-order valence-corrected chi connectivity index (χ4v) is 3.78. The number of halogens is 4. The van der Waals surface area contributed by atoms with Crippen molar-refractivity contribution in [2.24, 2.45) is 0 Å². The number of nitrogens with zero attached hydrogens (tertiary/aromatic N) is 4. The second-order valence-corrected chi connectivity index (χ2v) is 8.27. The summed E-state index contributed by atoms with van der Waals surface area (Å²) in [6.45, 7) is 3.18. The van der Waals surface area contributed by atoms with E-state index in [4.69, 9.17) is 4.74 Å². The van der Waals surface area contributed by atoms with Gasteiger partial charge in [0.25, 0.3) is 11.6 Å². The topological polar surface area (TPSA) is 112 Å². The first-order valence-electron chi connectivity index (χ1n) is 9.91. The van der Waals surface area contributed by atoms with E-state index in [2.05, 4.69) is 31.3 Å². The number of nitro groups is 1. The van der Waals surface area contributed by atoms with Gasteiger partial charge >= 0.3 is 6.18 Å². The molecular weight excluding hydrogens is 535 g/mol. The van der Waals surface area contributed by atoms with Gasteiger partial charge in [0.2, 0.25) is 0 Å². The van der Waals surface area contributed by atoms with Gasteiger partial charge < -0.3 is 10.1 Å². The summed E-state index contributed by atoms with van der Waals surface area (Å²) in [7, 11) is 0. The van der Waals surface area contributed by atoms with E-state index in [1.807, 2.05) is 0 Å². The number of hydrogen-bond acceptors (Lipinski definition) is 6. The van der Waals surface area contributed by atoms with Crippen molar-refractivity contribution < 1.29 is 27.6 Å². The first kappa shape index (κ1) is 24.1. The number of ether oxygens (including phenoxy) is 1. The molecule has 0 fully saturated rings. The van der Waals surface area contributed by atoms with Crippen LogP contribution in [-0.2, 0) is 6.18 Å². The third kappa shape index (κ3) is 4.94. The van der Waals surface area contributed by atoms with Crippen molar-refractivity contribution in [3.8, 4) is 11.5 Å². The number of non-ortho nitro benzene ring substituents is 1. The van der Waals surface area contributed by atoms with Crippen LogP contribution < -0.4 is 10.1 Å². The first-order chi connectivity index (χ1) is 16.4. The number of amides is 1. The highest BCUT2D eigenvalue weighted by molar-refractivity contribution is 9.10. The Morgan fingerprint density at radius 3 is 2.54 bits per heavy atom. The van der Waals surface area contributed by atoms with Gasteiger partial charge in [-0.05, 0) is 47.5 Å². The minimum Gasteiger partial charge on any atom is -0.457 e. The number of alkyl halides is 3. The quantitative estimate of drug-likeness (QED) is 0.238. The minimum atomic E-state index is -4.74. The molecule has 2 aromatic heterocycles. The molecule has 0 aliphatic heterocycles. The Balaban J connectivity index is 1.72. The maximum atomic E-state index is 13.5. The molecule has 0 spiro atoms. The zero-order valence-corrected chi connectivity index (χ0v) is 19.6. The Hall–Kier alpha value is -4.00. The number of fused-ring (bicyclic) bond motifs is 1. The number of benzene rings is 2. The van der Waals surface area contributed by atoms with Crippen LogP contribution in [-0.4, -0.2) is 25.4 Å². The minimum absolute atomic E-state index is 0.0167. The summed E-state index contributed by atoms with van der Waals surface area (Å²) in [5.74, 6) is -0.375. The molecule has 0 saturated carbocycles. The molecule has 1 amide bonds. The van der Waals surface area contributed by atoms with Gasteiger partial charge in [-0.3, -0.25) is 14.9 Å². The number of para-hydroxylation sites is 1. The summed E-state index contributed by atoms with van der Waals surface area (Å²) in [4.78, 5) is 27.7. The molecule has 0 aliphatic carbocycles. The zero-order chi connectivity index (χ0) is 25.5. The summed E-state index contributed by atoms with van der Waals surface area (Å²) in [6.07, 6.45) is -4.74. The van der Waals surface area contributed by atoms with E-state index in [1.54, 1.807) is 31.2 Å². The van der Waals surface area contributed by atoms with E-state index in [0.717, 1.165) is 17.7 Å². The average Bonchev–Trinajstić information content (AvgIpc) is 3.10. The fourth-order valence-electron chi connectivity index (χ4n) is 3.27. The van der Waals surface area contributed by atoms with Crippen molar-refractivity contribution in [2.75, 3.05) is 5.32 Å². The smallest absolute Gasteiger partial charge is 0.433 e. The lowest BCUT2D eigenvalue weighted by atomic mass is 10.2. The normalized spacial score (nSPS) is 11.5. The van der Waals surface area contributed by atoms with Crippen LogP contribution in [0.5, 0.6) is 11.5 Å². The largest absolute Gasteiger partial charge is 0.457 e. The van der Waals surface area contributed by atoms with Gasteiger partial charge in [-0.25, -0.2) is 9.50 Å². The molecule has 2 aromatic carbocycles. The van der Waals surface area contributed by atoms with Crippen molar-refractivity contribution in [1.82, 2.24) is 14.6 Å². The lowest BCUT2D eigenvalue weighted by Crippen LogP contribution is -2.16.